The van der Waals surface area contributed by atoms with E-state index in [0.717, 1.165) is 25.4 Å². The molecule has 0 aromatic rings. The highest BCUT2D eigenvalue weighted by molar-refractivity contribution is 4.83. The third-order valence-electron chi connectivity index (χ3n) is 4.30. The average molecular weight is 226 g/mol. The molecule has 16 heavy (non-hydrogen) atoms. The fourth-order valence-corrected chi connectivity index (χ4v) is 3.23. The van der Waals surface area contributed by atoms with Gasteiger partial charge in [-0.05, 0) is 31.6 Å². The van der Waals surface area contributed by atoms with Crippen molar-refractivity contribution in [3.63, 3.8) is 0 Å². The maximum Gasteiger partial charge on any atom is 0.168 e. The molecule has 94 valence electrons. The first-order chi connectivity index (χ1) is 7.79. The van der Waals surface area contributed by atoms with Crippen LogP contribution in [0.5, 0.6) is 0 Å². The van der Waals surface area contributed by atoms with E-state index in [-0.39, 0.29) is 5.79 Å². The number of ether oxygens (including phenoxy) is 2. The lowest BCUT2D eigenvalue weighted by Crippen LogP contribution is -2.47. The minimum absolute atomic E-state index is 0.191. The zero-order chi connectivity index (χ0) is 11.4. The Balaban J connectivity index is 1.97. The molecule has 2 heteroatoms. The highest BCUT2D eigenvalue weighted by Gasteiger charge is 2.41. The first-order valence-corrected chi connectivity index (χ1v) is 7.11. The summed E-state index contributed by atoms with van der Waals surface area (Å²) >= 11 is 0. The molecular weight excluding hydrogens is 200 g/mol. The van der Waals surface area contributed by atoms with Crippen LogP contribution >= 0.6 is 0 Å². The summed E-state index contributed by atoms with van der Waals surface area (Å²) in [4.78, 5) is 0. The summed E-state index contributed by atoms with van der Waals surface area (Å²) in [5, 5.41) is 0. The van der Waals surface area contributed by atoms with E-state index >= 15 is 0 Å². The Morgan fingerprint density at radius 3 is 2.50 bits per heavy atom. The molecular formula is C14H26O2. The number of hydrogen-bond acceptors (Lipinski definition) is 2. The molecule has 2 aliphatic rings. The smallest absolute Gasteiger partial charge is 0.168 e. The van der Waals surface area contributed by atoms with Gasteiger partial charge >= 0.3 is 0 Å². The zero-order valence-electron chi connectivity index (χ0n) is 10.8. The van der Waals surface area contributed by atoms with Gasteiger partial charge in [-0.15, -0.1) is 0 Å². The van der Waals surface area contributed by atoms with E-state index in [4.69, 9.17) is 9.47 Å². The van der Waals surface area contributed by atoms with Crippen molar-refractivity contribution in [2.45, 2.75) is 77.1 Å². The second-order valence-corrected chi connectivity index (χ2v) is 5.34. The molecule has 1 spiro atoms. The van der Waals surface area contributed by atoms with E-state index in [1.807, 2.05) is 0 Å². The van der Waals surface area contributed by atoms with Crippen LogP contribution in [-0.2, 0) is 9.47 Å². The standard InChI is InChI=1S/C14H26O2/c1-3-12(4-2)13-8-7-10-14(16-13)9-5-6-11-15-14/h12-13H,3-11H2,1-2H3/t13-,14-/m1/s1. The molecule has 2 nitrogen and oxygen atoms in total. The average Bonchev–Trinajstić information content (AvgIpc) is 2.32. The Labute approximate surface area is 99.7 Å². The van der Waals surface area contributed by atoms with Crippen molar-refractivity contribution in [3.05, 3.63) is 0 Å². The van der Waals surface area contributed by atoms with Gasteiger partial charge in [0, 0.05) is 12.8 Å². The van der Waals surface area contributed by atoms with Gasteiger partial charge in [0.25, 0.3) is 0 Å². The Bertz CT molecular complexity index is 199. The summed E-state index contributed by atoms with van der Waals surface area (Å²) in [7, 11) is 0. The first-order valence-electron chi connectivity index (χ1n) is 7.11. The second kappa shape index (κ2) is 5.50. The van der Waals surface area contributed by atoms with E-state index in [1.165, 1.54) is 38.5 Å². The van der Waals surface area contributed by atoms with E-state index in [9.17, 15) is 0 Å². The van der Waals surface area contributed by atoms with E-state index in [1.54, 1.807) is 0 Å². The molecule has 2 atom stereocenters. The summed E-state index contributed by atoms with van der Waals surface area (Å²) in [5.41, 5.74) is 0. The highest BCUT2D eigenvalue weighted by Crippen LogP contribution is 2.39. The van der Waals surface area contributed by atoms with Gasteiger partial charge in [-0.2, -0.15) is 0 Å². The predicted octanol–water partition coefficient (Wildman–Crippen LogP) is 3.89. The maximum absolute atomic E-state index is 6.34. The van der Waals surface area contributed by atoms with Gasteiger partial charge in [-0.25, -0.2) is 0 Å². The Morgan fingerprint density at radius 2 is 1.88 bits per heavy atom. The van der Waals surface area contributed by atoms with Crippen molar-refractivity contribution >= 4 is 0 Å². The largest absolute Gasteiger partial charge is 0.350 e. The SMILES string of the molecule is CCC(CC)[C@H]1CCC[C@@]2(CCCCO2)O1. The maximum atomic E-state index is 6.34. The lowest BCUT2D eigenvalue weighted by atomic mass is 9.87. The van der Waals surface area contributed by atoms with Crippen LogP contribution in [-0.4, -0.2) is 18.5 Å². The molecule has 2 heterocycles. The summed E-state index contributed by atoms with van der Waals surface area (Å²) in [5.74, 6) is 0.534. The van der Waals surface area contributed by atoms with Crippen molar-refractivity contribution < 1.29 is 9.47 Å². The van der Waals surface area contributed by atoms with Crippen LogP contribution in [0.4, 0.5) is 0 Å². The Morgan fingerprint density at radius 1 is 1.12 bits per heavy atom. The van der Waals surface area contributed by atoms with Gasteiger partial charge in [-0.3, -0.25) is 0 Å². The molecule has 0 unspecified atom stereocenters. The van der Waals surface area contributed by atoms with Crippen molar-refractivity contribution in [1.82, 2.24) is 0 Å². The van der Waals surface area contributed by atoms with Crippen LogP contribution in [0.15, 0.2) is 0 Å². The van der Waals surface area contributed by atoms with Crippen LogP contribution in [0.2, 0.25) is 0 Å². The molecule has 0 N–H and O–H groups in total. The molecule has 2 rings (SSSR count). The third-order valence-corrected chi connectivity index (χ3v) is 4.30. The highest BCUT2D eigenvalue weighted by atomic mass is 16.7. The van der Waals surface area contributed by atoms with Gasteiger partial charge in [0.1, 0.15) is 0 Å². The molecule has 2 saturated heterocycles. The van der Waals surface area contributed by atoms with Gasteiger partial charge in [0.2, 0.25) is 0 Å². The van der Waals surface area contributed by atoms with E-state index < -0.39 is 0 Å². The second-order valence-electron chi connectivity index (χ2n) is 5.34. The molecule has 2 aliphatic heterocycles. The quantitative estimate of drug-likeness (QED) is 0.727. The van der Waals surface area contributed by atoms with Crippen LogP contribution in [0, 0.1) is 5.92 Å². The Kier molecular flexibility index (Phi) is 4.26. The van der Waals surface area contributed by atoms with Crippen LogP contribution in [0.25, 0.3) is 0 Å². The predicted molar refractivity (Wildman–Crippen MR) is 65.3 cm³/mol. The lowest BCUT2D eigenvalue weighted by molar-refractivity contribution is -0.302. The monoisotopic (exact) mass is 226 g/mol. The summed E-state index contributed by atoms with van der Waals surface area (Å²) < 4.78 is 12.3. The van der Waals surface area contributed by atoms with Gasteiger partial charge in [0.05, 0.1) is 12.7 Å². The fourth-order valence-electron chi connectivity index (χ4n) is 3.23. The first kappa shape index (κ1) is 12.4. The van der Waals surface area contributed by atoms with Crippen molar-refractivity contribution in [2.75, 3.05) is 6.61 Å². The number of hydrogen-bond donors (Lipinski definition) is 0. The molecule has 2 fully saturated rings. The van der Waals surface area contributed by atoms with Crippen molar-refractivity contribution in [2.24, 2.45) is 5.92 Å². The minimum atomic E-state index is -0.191. The number of rotatable bonds is 3. The third kappa shape index (κ3) is 2.60. The van der Waals surface area contributed by atoms with E-state index in [2.05, 4.69) is 13.8 Å². The van der Waals surface area contributed by atoms with Crippen LogP contribution in [0.3, 0.4) is 0 Å². The van der Waals surface area contributed by atoms with E-state index in [0.29, 0.717) is 6.10 Å². The zero-order valence-corrected chi connectivity index (χ0v) is 10.8. The molecule has 0 aromatic heterocycles. The molecule has 0 aromatic carbocycles. The molecule has 0 radical (unpaired) electrons. The van der Waals surface area contributed by atoms with Gasteiger partial charge < -0.3 is 9.47 Å². The lowest BCUT2D eigenvalue weighted by Gasteiger charge is -2.45. The van der Waals surface area contributed by atoms with Gasteiger partial charge in [-0.1, -0.05) is 26.7 Å². The van der Waals surface area contributed by atoms with Crippen LogP contribution in [0.1, 0.15) is 65.2 Å². The summed E-state index contributed by atoms with van der Waals surface area (Å²) in [6.07, 6.45) is 10.1. The topological polar surface area (TPSA) is 18.5 Å². The fraction of sp³-hybridized carbons (Fsp3) is 1.00. The van der Waals surface area contributed by atoms with Crippen molar-refractivity contribution in [3.8, 4) is 0 Å². The molecule has 0 aliphatic carbocycles. The Hall–Kier alpha value is -0.0800. The minimum Gasteiger partial charge on any atom is -0.350 e. The van der Waals surface area contributed by atoms with Crippen LogP contribution < -0.4 is 0 Å². The van der Waals surface area contributed by atoms with Crippen molar-refractivity contribution in [1.29, 1.82) is 0 Å². The molecule has 0 saturated carbocycles. The molecule has 0 amide bonds. The summed E-state index contributed by atoms with van der Waals surface area (Å²) in [6.45, 7) is 5.46. The molecule has 0 bridgehead atoms. The summed E-state index contributed by atoms with van der Waals surface area (Å²) in [6, 6.07) is 0. The normalized spacial score (nSPS) is 35.8. The van der Waals surface area contributed by atoms with Gasteiger partial charge in [0.15, 0.2) is 5.79 Å².